The summed E-state index contributed by atoms with van der Waals surface area (Å²) in [5.41, 5.74) is 0.424. The van der Waals surface area contributed by atoms with E-state index in [2.05, 4.69) is 22.0 Å². The standard InChI is InChI=1S/C16H26N4O/c1-2-3-4-5-6-7-8-9-10-11-20-12-14-15(19-20)17-13-18-16(14)21/h12-13H,2-11H2,1H3,(H,17,18,19,21). The lowest BCUT2D eigenvalue weighted by molar-refractivity contribution is 0.519. The minimum atomic E-state index is -0.113. The Morgan fingerprint density at radius 1 is 1.05 bits per heavy atom. The van der Waals surface area contributed by atoms with Crippen molar-refractivity contribution < 1.29 is 0 Å². The number of aromatic nitrogens is 4. The number of H-pyrrole nitrogens is 1. The molecule has 0 aliphatic heterocycles. The van der Waals surface area contributed by atoms with Gasteiger partial charge in [-0.2, -0.15) is 5.10 Å². The van der Waals surface area contributed by atoms with Gasteiger partial charge in [-0.15, -0.1) is 0 Å². The van der Waals surface area contributed by atoms with Gasteiger partial charge in [-0.25, -0.2) is 4.98 Å². The van der Waals surface area contributed by atoms with Gasteiger partial charge in [0.2, 0.25) is 0 Å². The SMILES string of the molecule is CCCCCCCCCCCn1cc2c(=O)[nH]cnc2n1. The van der Waals surface area contributed by atoms with Gasteiger partial charge >= 0.3 is 0 Å². The maximum absolute atomic E-state index is 11.6. The molecular formula is C16H26N4O. The maximum Gasteiger partial charge on any atom is 0.261 e. The molecule has 0 aliphatic carbocycles. The quantitative estimate of drug-likeness (QED) is 0.679. The van der Waals surface area contributed by atoms with Crippen LogP contribution in [-0.2, 0) is 6.54 Å². The average Bonchev–Trinajstić information content (AvgIpc) is 2.90. The fraction of sp³-hybridized carbons (Fsp3) is 0.688. The topological polar surface area (TPSA) is 63.6 Å². The Bertz CT molecular complexity index is 587. The molecule has 0 spiro atoms. The Morgan fingerprint density at radius 2 is 1.71 bits per heavy atom. The van der Waals surface area contributed by atoms with Gasteiger partial charge < -0.3 is 4.98 Å². The fourth-order valence-corrected chi connectivity index (χ4v) is 2.60. The normalized spacial score (nSPS) is 11.3. The van der Waals surface area contributed by atoms with E-state index in [4.69, 9.17) is 0 Å². The smallest absolute Gasteiger partial charge is 0.261 e. The summed E-state index contributed by atoms with van der Waals surface area (Å²) in [6.07, 6.45) is 15.0. The molecule has 2 rings (SSSR count). The second kappa shape index (κ2) is 8.60. The molecule has 1 N–H and O–H groups in total. The minimum absolute atomic E-state index is 0.113. The van der Waals surface area contributed by atoms with E-state index in [0.29, 0.717) is 11.0 Å². The van der Waals surface area contributed by atoms with Crippen LogP contribution in [0.5, 0.6) is 0 Å². The third-order valence-corrected chi connectivity index (χ3v) is 3.86. The number of nitrogens with one attached hydrogen (secondary N) is 1. The highest BCUT2D eigenvalue weighted by Crippen LogP contribution is 2.10. The molecule has 5 heteroatoms. The van der Waals surface area contributed by atoms with Gasteiger partial charge in [-0.3, -0.25) is 9.48 Å². The number of hydrogen-bond acceptors (Lipinski definition) is 3. The molecule has 2 aromatic heterocycles. The van der Waals surface area contributed by atoms with Gasteiger partial charge in [-0.1, -0.05) is 58.3 Å². The Hall–Kier alpha value is -1.65. The first-order valence-corrected chi connectivity index (χ1v) is 8.22. The number of fused-ring (bicyclic) bond motifs is 1. The summed E-state index contributed by atoms with van der Waals surface area (Å²) in [6, 6.07) is 0. The summed E-state index contributed by atoms with van der Waals surface area (Å²) in [5.74, 6) is 0. The van der Waals surface area contributed by atoms with Gasteiger partial charge in [0.1, 0.15) is 5.39 Å². The van der Waals surface area contributed by atoms with E-state index in [0.717, 1.165) is 13.0 Å². The van der Waals surface area contributed by atoms with Gasteiger partial charge in [0, 0.05) is 12.7 Å². The molecule has 0 radical (unpaired) electrons. The molecule has 0 saturated carbocycles. The molecule has 0 amide bonds. The second-order valence-corrected chi connectivity index (χ2v) is 5.69. The highest BCUT2D eigenvalue weighted by molar-refractivity contribution is 5.71. The zero-order valence-electron chi connectivity index (χ0n) is 13.0. The number of aryl methyl sites for hydroxylation is 1. The van der Waals surface area contributed by atoms with Crippen LogP contribution in [0.25, 0.3) is 11.0 Å². The zero-order chi connectivity index (χ0) is 14.9. The van der Waals surface area contributed by atoms with E-state index in [1.165, 1.54) is 57.7 Å². The molecule has 0 aliphatic rings. The molecule has 5 nitrogen and oxygen atoms in total. The first-order chi connectivity index (χ1) is 10.3. The summed E-state index contributed by atoms with van der Waals surface area (Å²) in [6.45, 7) is 3.12. The lowest BCUT2D eigenvalue weighted by atomic mass is 10.1. The molecular weight excluding hydrogens is 264 g/mol. The van der Waals surface area contributed by atoms with Crippen molar-refractivity contribution in [3.05, 3.63) is 22.9 Å². The summed E-state index contributed by atoms with van der Waals surface area (Å²) >= 11 is 0. The lowest BCUT2D eigenvalue weighted by Gasteiger charge is -2.02. The van der Waals surface area contributed by atoms with Crippen molar-refractivity contribution >= 4 is 11.0 Å². The number of unbranched alkanes of at least 4 members (excludes halogenated alkanes) is 8. The van der Waals surface area contributed by atoms with Gasteiger partial charge in [0.05, 0.1) is 6.33 Å². The number of nitrogens with zero attached hydrogens (tertiary/aromatic N) is 3. The Morgan fingerprint density at radius 3 is 2.38 bits per heavy atom. The van der Waals surface area contributed by atoms with Gasteiger partial charge in [-0.05, 0) is 6.42 Å². The molecule has 116 valence electrons. The highest BCUT2D eigenvalue weighted by Gasteiger charge is 2.04. The average molecular weight is 290 g/mol. The molecule has 0 unspecified atom stereocenters. The van der Waals surface area contributed by atoms with Crippen LogP contribution in [0.3, 0.4) is 0 Å². The summed E-state index contributed by atoms with van der Waals surface area (Å²) < 4.78 is 1.84. The highest BCUT2D eigenvalue weighted by atomic mass is 16.1. The van der Waals surface area contributed by atoms with Crippen LogP contribution in [0.1, 0.15) is 64.7 Å². The first kappa shape index (κ1) is 15.7. The fourth-order valence-electron chi connectivity index (χ4n) is 2.60. The van der Waals surface area contributed by atoms with Crippen molar-refractivity contribution in [2.45, 2.75) is 71.3 Å². The second-order valence-electron chi connectivity index (χ2n) is 5.69. The van der Waals surface area contributed by atoms with Crippen LogP contribution < -0.4 is 5.56 Å². The van der Waals surface area contributed by atoms with E-state index in [1.54, 1.807) is 6.20 Å². The van der Waals surface area contributed by atoms with Gasteiger partial charge in [0.25, 0.3) is 5.56 Å². The first-order valence-electron chi connectivity index (χ1n) is 8.22. The zero-order valence-corrected chi connectivity index (χ0v) is 13.0. The Balaban J connectivity index is 1.62. The van der Waals surface area contributed by atoms with E-state index < -0.39 is 0 Å². The summed E-state index contributed by atoms with van der Waals surface area (Å²) in [4.78, 5) is 18.2. The Kier molecular flexibility index (Phi) is 6.44. The van der Waals surface area contributed by atoms with Crippen LogP contribution in [-0.4, -0.2) is 19.7 Å². The van der Waals surface area contributed by atoms with E-state index in [-0.39, 0.29) is 5.56 Å². The maximum atomic E-state index is 11.6. The molecule has 0 fully saturated rings. The molecule has 0 atom stereocenters. The van der Waals surface area contributed by atoms with Crippen molar-refractivity contribution in [2.75, 3.05) is 0 Å². The number of rotatable bonds is 10. The van der Waals surface area contributed by atoms with Gasteiger partial charge in [0.15, 0.2) is 5.65 Å². The van der Waals surface area contributed by atoms with Crippen LogP contribution >= 0.6 is 0 Å². The van der Waals surface area contributed by atoms with Crippen LogP contribution in [0.2, 0.25) is 0 Å². The lowest BCUT2D eigenvalue weighted by Crippen LogP contribution is -2.04. The van der Waals surface area contributed by atoms with E-state index in [1.807, 2.05) is 4.68 Å². The predicted octanol–water partition coefficient (Wildman–Crippen LogP) is 3.65. The third-order valence-electron chi connectivity index (χ3n) is 3.86. The molecule has 2 heterocycles. The molecule has 0 bridgehead atoms. The third kappa shape index (κ3) is 4.99. The monoisotopic (exact) mass is 290 g/mol. The van der Waals surface area contributed by atoms with Crippen LogP contribution in [0, 0.1) is 0 Å². The Labute approximate surface area is 125 Å². The number of hydrogen-bond donors (Lipinski definition) is 1. The van der Waals surface area contributed by atoms with Crippen molar-refractivity contribution in [3.63, 3.8) is 0 Å². The van der Waals surface area contributed by atoms with Crippen molar-refractivity contribution in [3.8, 4) is 0 Å². The van der Waals surface area contributed by atoms with Crippen LogP contribution in [0.4, 0.5) is 0 Å². The summed E-state index contributed by atoms with van der Waals surface area (Å²) in [5, 5.41) is 4.90. The predicted molar refractivity (Wildman–Crippen MR) is 85.4 cm³/mol. The molecule has 2 aromatic rings. The van der Waals surface area contributed by atoms with E-state index in [9.17, 15) is 4.79 Å². The largest absolute Gasteiger partial charge is 0.312 e. The minimum Gasteiger partial charge on any atom is -0.312 e. The number of aromatic amines is 1. The molecule has 21 heavy (non-hydrogen) atoms. The van der Waals surface area contributed by atoms with Crippen LogP contribution in [0.15, 0.2) is 17.3 Å². The van der Waals surface area contributed by atoms with Crippen molar-refractivity contribution in [2.24, 2.45) is 0 Å². The summed E-state index contributed by atoms with van der Waals surface area (Å²) in [7, 11) is 0. The van der Waals surface area contributed by atoms with E-state index >= 15 is 0 Å². The van der Waals surface area contributed by atoms with Crippen molar-refractivity contribution in [1.29, 1.82) is 0 Å². The van der Waals surface area contributed by atoms with Crippen molar-refractivity contribution in [1.82, 2.24) is 19.7 Å². The molecule has 0 aromatic carbocycles. The molecule has 0 saturated heterocycles.